The van der Waals surface area contributed by atoms with Crippen LogP contribution in [0.25, 0.3) is 0 Å². The number of carbonyl (C=O) groups excluding carboxylic acids is 3. The number of hydrogen-bond acceptors (Lipinski definition) is 4. The third-order valence-corrected chi connectivity index (χ3v) is 7.86. The Morgan fingerprint density at radius 3 is 2.58 bits per heavy atom. The zero-order chi connectivity index (χ0) is 21.7. The molecule has 0 saturated carbocycles. The van der Waals surface area contributed by atoms with E-state index in [-0.39, 0.29) is 17.9 Å². The molecule has 1 N–H and O–H groups in total. The fourth-order valence-electron chi connectivity index (χ4n) is 6.24. The summed E-state index contributed by atoms with van der Waals surface area (Å²) in [6, 6.07) is 8.66. The van der Waals surface area contributed by atoms with Gasteiger partial charge in [-0.2, -0.15) is 0 Å². The van der Waals surface area contributed by atoms with Crippen molar-refractivity contribution in [2.24, 2.45) is 11.8 Å². The van der Waals surface area contributed by atoms with Crippen molar-refractivity contribution in [2.45, 2.75) is 31.3 Å². The van der Waals surface area contributed by atoms with Gasteiger partial charge in [-0.15, -0.1) is 0 Å². The number of fused-ring (bicyclic) bond motifs is 7. The summed E-state index contributed by atoms with van der Waals surface area (Å²) in [4.78, 5) is 44.1. The Morgan fingerprint density at radius 2 is 1.84 bits per heavy atom. The molecule has 158 valence electrons. The number of imide groups is 1. The highest BCUT2D eigenvalue weighted by Crippen LogP contribution is 2.61. The van der Waals surface area contributed by atoms with Crippen molar-refractivity contribution in [1.29, 1.82) is 0 Å². The summed E-state index contributed by atoms with van der Waals surface area (Å²) in [5, 5.41) is 3.50. The van der Waals surface area contributed by atoms with Gasteiger partial charge in [-0.1, -0.05) is 17.7 Å². The molecule has 4 aliphatic heterocycles. The first-order valence-corrected chi connectivity index (χ1v) is 10.8. The van der Waals surface area contributed by atoms with Crippen LogP contribution in [0.4, 0.5) is 15.8 Å². The van der Waals surface area contributed by atoms with Gasteiger partial charge in [-0.25, -0.2) is 9.29 Å². The summed E-state index contributed by atoms with van der Waals surface area (Å²) in [6.45, 7) is 2.48. The SMILES string of the molecule is Cc1c(Cl)ccc2c1NC(=O)[C@@]21[C@@H]2C(=O)N(c3ccc(F)cc3)C(=O)[C@H]2[C@@H]2CCCN21. The molecule has 3 amide bonds. The molecule has 8 heteroatoms. The van der Waals surface area contributed by atoms with Gasteiger partial charge in [0.25, 0.3) is 0 Å². The Labute approximate surface area is 183 Å². The predicted octanol–water partition coefficient (Wildman–Crippen LogP) is 3.22. The highest BCUT2D eigenvalue weighted by Gasteiger charge is 2.74. The van der Waals surface area contributed by atoms with Crippen molar-refractivity contribution in [3.8, 4) is 0 Å². The van der Waals surface area contributed by atoms with E-state index in [1.165, 1.54) is 24.3 Å². The van der Waals surface area contributed by atoms with E-state index in [4.69, 9.17) is 11.6 Å². The third-order valence-electron chi connectivity index (χ3n) is 7.45. The molecule has 0 aromatic heterocycles. The Balaban J connectivity index is 1.56. The number of nitrogens with zero attached hydrogens (tertiary/aromatic N) is 2. The Hall–Kier alpha value is -2.77. The highest BCUT2D eigenvalue weighted by atomic mass is 35.5. The molecular weight excluding hydrogens is 421 g/mol. The van der Waals surface area contributed by atoms with Gasteiger partial charge in [-0.3, -0.25) is 19.3 Å². The fourth-order valence-corrected chi connectivity index (χ4v) is 6.39. The molecule has 1 spiro atoms. The smallest absolute Gasteiger partial charge is 0.250 e. The van der Waals surface area contributed by atoms with Crippen molar-refractivity contribution in [1.82, 2.24) is 4.90 Å². The molecule has 0 aliphatic carbocycles. The number of hydrogen-bond donors (Lipinski definition) is 1. The summed E-state index contributed by atoms with van der Waals surface area (Å²) in [5.41, 5.74) is 1.18. The van der Waals surface area contributed by atoms with E-state index < -0.39 is 29.1 Å². The van der Waals surface area contributed by atoms with E-state index in [1.54, 1.807) is 12.1 Å². The Kier molecular flexibility index (Phi) is 3.76. The Morgan fingerprint density at radius 1 is 1.10 bits per heavy atom. The van der Waals surface area contributed by atoms with Crippen LogP contribution in [-0.2, 0) is 19.9 Å². The maximum atomic E-state index is 13.8. The molecule has 4 aliphatic rings. The van der Waals surface area contributed by atoms with Gasteiger partial charge in [0, 0.05) is 16.6 Å². The van der Waals surface area contributed by atoms with E-state index in [1.807, 2.05) is 6.92 Å². The molecule has 4 heterocycles. The maximum Gasteiger partial charge on any atom is 0.250 e. The molecule has 2 aromatic carbocycles. The highest BCUT2D eigenvalue weighted by molar-refractivity contribution is 6.32. The molecule has 0 unspecified atom stereocenters. The molecular formula is C23H19ClFN3O3. The van der Waals surface area contributed by atoms with Crippen molar-refractivity contribution in [3.05, 3.63) is 58.4 Å². The zero-order valence-corrected chi connectivity index (χ0v) is 17.4. The zero-order valence-electron chi connectivity index (χ0n) is 16.7. The van der Waals surface area contributed by atoms with Crippen LogP contribution in [0.2, 0.25) is 5.02 Å². The van der Waals surface area contributed by atoms with Gasteiger partial charge in [0.15, 0.2) is 0 Å². The van der Waals surface area contributed by atoms with Crippen LogP contribution < -0.4 is 10.2 Å². The quantitative estimate of drug-likeness (QED) is 0.693. The van der Waals surface area contributed by atoms with E-state index in [9.17, 15) is 18.8 Å². The third kappa shape index (κ3) is 2.13. The largest absolute Gasteiger partial charge is 0.324 e. The lowest BCUT2D eigenvalue weighted by molar-refractivity contribution is -0.135. The second-order valence-corrected chi connectivity index (χ2v) is 9.12. The minimum atomic E-state index is -1.24. The van der Waals surface area contributed by atoms with E-state index in [2.05, 4.69) is 10.2 Å². The summed E-state index contributed by atoms with van der Waals surface area (Å²) < 4.78 is 13.4. The van der Waals surface area contributed by atoms with Crippen LogP contribution in [0.5, 0.6) is 0 Å². The van der Waals surface area contributed by atoms with Crippen LogP contribution in [0.15, 0.2) is 36.4 Å². The number of rotatable bonds is 1. The van der Waals surface area contributed by atoms with Gasteiger partial charge in [0.05, 0.1) is 23.2 Å². The summed E-state index contributed by atoms with van der Waals surface area (Å²) in [7, 11) is 0. The van der Waals surface area contributed by atoms with E-state index in [0.717, 1.165) is 23.3 Å². The number of anilines is 2. The van der Waals surface area contributed by atoms with Crippen LogP contribution in [0, 0.1) is 24.6 Å². The number of nitrogens with one attached hydrogen (secondary N) is 1. The van der Waals surface area contributed by atoms with E-state index in [0.29, 0.717) is 28.5 Å². The number of benzene rings is 2. The second kappa shape index (κ2) is 6.14. The summed E-state index contributed by atoms with van der Waals surface area (Å²) in [6.07, 6.45) is 1.59. The average Bonchev–Trinajstić information content (AvgIpc) is 3.45. The first kappa shape index (κ1) is 19.0. The normalized spacial score (nSPS) is 31.4. The van der Waals surface area contributed by atoms with Crippen molar-refractivity contribution >= 4 is 40.7 Å². The van der Waals surface area contributed by atoms with Crippen LogP contribution in [-0.4, -0.2) is 35.2 Å². The van der Waals surface area contributed by atoms with Crippen LogP contribution in [0.1, 0.15) is 24.0 Å². The predicted molar refractivity (Wildman–Crippen MR) is 112 cm³/mol. The molecule has 0 bridgehead atoms. The van der Waals surface area contributed by atoms with Gasteiger partial charge in [0.1, 0.15) is 11.4 Å². The molecule has 3 fully saturated rings. The van der Waals surface area contributed by atoms with Crippen molar-refractivity contribution in [2.75, 3.05) is 16.8 Å². The van der Waals surface area contributed by atoms with Crippen LogP contribution >= 0.6 is 11.6 Å². The minimum absolute atomic E-state index is 0.195. The van der Waals surface area contributed by atoms with E-state index >= 15 is 0 Å². The number of amides is 3. The second-order valence-electron chi connectivity index (χ2n) is 8.71. The lowest BCUT2D eigenvalue weighted by atomic mass is 9.75. The van der Waals surface area contributed by atoms with Crippen molar-refractivity contribution in [3.63, 3.8) is 0 Å². The van der Waals surface area contributed by atoms with Gasteiger partial charge in [0.2, 0.25) is 17.7 Å². The standard InChI is InChI=1S/C23H19ClFN3O3/c1-11-15(24)9-8-14-19(11)26-22(31)23(14)18-17(16-3-2-10-27(16)23)20(29)28(21(18)30)13-6-4-12(25)5-7-13/h4-9,16-18H,2-3,10H2,1H3,(H,26,31)/t16-,17-,18-,23-/m0/s1. The molecule has 4 atom stereocenters. The first-order chi connectivity index (χ1) is 14.9. The maximum absolute atomic E-state index is 13.8. The topological polar surface area (TPSA) is 69.7 Å². The molecule has 31 heavy (non-hydrogen) atoms. The van der Waals surface area contributed by atoms with Crippen LogP contribution in [0.3, 0.4) is 0 Å². The molecule has 3 saturated heterocycles. The molecule has 6 nitrogen and oxygen atoms in total. The minimum Gasteiger partial charge on any atom is -0.324 e. The van der Waals surface area contributed by atoms with Crippen molar-refractivity contribution < 1.29 is 18.8 Å². The lowest BCUT2D eigenvalue weighted by Crippen LogP contribution is -2.54. The monoisotopic (exact) mass is 439 g/mol. The van der Waals surface area contributed by atoms with Gasteiger partial charge >= 0.3 is 0 Å². The number of halogens is 2. The van der Waals surface area contributed by atoms with Gasteiger partial charge in [-0.05, 0) is 62.2 Å². The van der Waals surface area contributed by atoms with Gasteiger partial charge < -0.3 is 5.32 Å². The molecule has 2 aromatic rings. The lowest BCUT2D eigenvalue weighted by Gasteiger charge is -2.36. The fraction of sp³-hybridized carbons (Fsp3) is 0.348. The Bertz CT molecular complexity index is 1180. The average molecular weight is 440 g/mol. The first-order valence-electron chi connectivity index (χ1n) is 10.4. The molecule has 6 rings (SSSR count). The summed E-state index contributed by atoms with van der Waals surface area (Å²) in [5.74, 6) is -2.91. The number of carbonyl (C=O) groups is 3. The summed E-state index contributed by atoms with van der Waals surface area (Å²) >= 11 is 6.30. The molecule has 0 radical (unpaired) electrons.